The first-order valence-corrected chi connectivity index (χ1v) is 6.56. The van der Waals surface area contributed by atoms with E-state index in [2.05, 4.69) is 0 Å². The van der Waals surface area contributed by atoms with Gasteiger partial charge in [0.2, 0.25) is 9.05 Å². The lowest BCUT2D eigenvalue weighted by molar-refractivity contribution is 0.384. The Morgan fingerprint density at radius 2 is 2.07 bits per heavy atom. The van der Waals surface area contributed by atoms with E-state index in [1.165, 1.54) is 26.2 Å². The average molecular weight is 253 g/mol. The lowest BCUT2D eigenvalue weighted by Gasteiger charge is -2.07. The van der Waals surface area contributed by atoms with Gasteiger partial charge in [-0.3, -0.25) is 0 Å². The van der Waals surface area contributed by atoms with Gasteiger partial charge in [0.25, 0.3) is 0 Å². The summed E-state index contributed by atoms with van der Waals surface area (Å²) in [4.78, 5) is 0. The highest BCUT2D eigenvalue weighted by Gasteiger charge is 2.12. The van der Waals surface area contributed by atoms with Gasteiger partial charge < -0.3 is 4.74 Å². The van der Waals surface area contributed by atoms with E-state index in [1.54, 1.807) is 0 Å². The standard InChI is InChI=1S/C9H10ClFO3S/c1-6-3-7(5-15(10,12)13)4-8(14-2)9(6)11/h3-4H,5H2,1-2H3. The quantitative estimate of drug-likeness (QED) is 0.775. The van der Waals surface area contributed by atoms with Crippen LogP contribution in [-0.4, -0.2) is 15.5 Å². The largest absolute Gasteiger partial charge is 0.494 e. The zero-order valence-corrected chi connectivity index (χ0v) is 9.82. The summed E-state index contributed by atoms with van der Waals surface area (Å²) in [6.45, 7) is 1.53. The van der Waals surface area contributed by atoms with Crippen molar-refractivity contribution in [2.45, 2.75) is 12.7 Å². The van der Waals surface area contributed by atoms with Crippen LogP contribution in [0.2, 0.25) is 0 Å². The summed E-state index contributed by atoms with van der Waals surface area (Å²) >= 11 is 0. The number of rotatable bonds is 3. The van der Waals surface area contributed by atoms with Crippen molar-refractivity contribution < 1.29 is 17.5 Å². The minimum Gasteiger partial charge on any atom is -0.494 e. The molecule has 0 aromatic heterocycles. The average Bonchev–Trinajstić information content (AvgIpc) is 2.08. The molecule has 0 heterocycles. The maximum absolute atomic E-state index is 13.3. The zero-order valence-electron chi connectivity index (χ0n) is 8.25. The molecule has 84 valence electrons. The lowest BCUT2D eigenvalue weighted by Crippen LogP contribution is -1.99. The number of hydrogen-bond acceptors (Lipinski definition) is 3. The van der Waals surface area contributed by atoms with Gasteiger partial charge in [-0.1, -0.05) is 6.07 Å². The maximum Gasteiger partial charge on any atom is 0.236 e. The molecule has 0 aliphatic rings. The molecule has 0 radical (unpaired) electrons. The molecule has 0 saturated heterocycles. The highest BCUT2D eigenvalue weighted by Crippen LogP contribution is 2.24. The monoisotopic (exact) mass is 252 g/mol. The number of ether oxygens (including phenoxy) is 1. The van der Waals surface area contributed by atoms with Crippen LogP contribution in [0.4, 0.5) is 4.39 Å². The van der Waals surface area contributed by atoms with E-state index < -0.39 is 14.9 Å². The molecule has 1 aromatic carbocycles. The molecule has 0 amide bonds. The molecule has 1 aromatic rings. The topological polar surface area (TPSA) is 43.4 Å². The zero-order chi connectivity index (χ0) is 11.6. The molecular weight excluding hydrogens is 243 g/mol. The van der Waals surface area contributed by atoms with Crippen molar-refractivity contribution in [3.8, 4) is 5.75 Å². The van der Waals surface area contributed by atoms with Crippen LogP contribution in [0.5, 0.6) is 5.75 Å². The van der Waals surface area contributed by atoms with Crippen molar-refractivity contribution in [3.63, 3.8) is 0 Å². The van der Waals surface area contributed by atoms with Gasteiger partial charge in [-0.2, -0.15) is 0 Å². The second-order valence-electron chi connectivity index (χ2n) is 3.11. The molecule has 6 heteroatoms. The number of benzene rings is 1. The molecular formula is C9H10ClFO3S. The molecule has 1 rings (SSSR count). The van der Waals surface area contributed by atoms with E-state index in [-0.39, 0.29) is 11.5 Å². The SMILES string of the molecule is COc1cc(CS(=O)(=O)Cl)cc(C)c1F. The predicted molar refractivity (Wildman–Crippen MR) is 56.2 cm³/mol. The van der Waals surface area contributed by atoms with Crippen LogP contribution in [0, 0.1) is 12.7 Å². The Balaban J connectivity index is 3.17. The van der Waals surface area contributed by atoms with Gasteiger partial charge in [0.1, 0.15) is 0 Å². The van der Waals surface area contributed by atoms with E-state index in [4.69, 9.17) is 15.4 Å². The summed E-state index contributed by atoms with van der Waals surface area (Å²) < 4.78 is 39.7. The van der Waals surface area contributed by atoms with Crippen LogP contribution >= 0.6 is 10.7 Å². The van der Waals surface area contributed by atoms with Crippen LogP contribution in [0.15, 0.2) is 12.1 Å². The number of halogens is 2. The van der Waals surface area contributed by atoms with Crippen molar-refractivity contribution >= 4 is 19.7 Å². The van der Waals surface area contributed by atoms with E-state index in [9.17, 15) is 12.8 Å². The highest BCUT2D eigenvalue weighted by molar-refractivity contribution is 8.13. The first kappa shape index (κ1) is 12.3. The molecule has 0 atom stereocenters. The van der Waals surface area contributed by atoms with Crippen LogP contribution in [0.1, 0.15) is 11.1 Å². The molecule has 0 saturated carbocycles. The number of methoxy groups -OCH3 is 1. The fraction of sp³-hybridized carbons (Fsp3) is 0.333. The summed E-state index contributed by atoms with van der Waals surface area (Å²) in [6, 6.07) is 2.75. The summed E-state index contributed by atoms with van der Waals surface area (Å²) in [5.41, 5.74) is 0.727. The second-order valence-corrected chi connectivity index (χ2v) is 5.89. The second kappa shape index (κ2) is 4.37. The van der Waals surface area contributed by atoms with Gasteiger partial charge in [-0.15, -0.1) is 0 Å². The van der Waals surface area contributed by atoms with Crippen molar-refractivity contribution in [1.82, 2.24) is 0 Å². The van der Waals surface area contributed by atoms with Crippen LogP contribution in [0.25, 0.3) is 0 Å². The van der Waals surface area contributed by atoms with Crippen molar-refractivity contribution in [3.05, 3.63) is 29.1 Å². The fourth-order valence-corrected chi connectivity index (χ4v) is 2.18. The summed E-state index contributed by atoms with van der Waals surface area (Å²) in [6.07, 6.45) is 0. The number of hydrogen-bond donors (Lipinski definition) is 0. The van der Waals surface area contributed by atoms with Crippen LogP contribution < -0.4 is 4.74 Å². The first-order valence-electron chi connectivity index (χ1n) is 4.09. The van der Waals surface area contributed by atoms with Crippen molar-refractivity contribution in [1.29, 1.82) is 0 Å². The Morgan fingerprint density at radius 3 is 2.53 bits per heavy atom. The maximum atomic E-state index is 13.3. The Bertz CT molecular complexity index is 470. The molecule has 0 spiro atoms. The van der Waals surface area contributed by atoms with E-state index in [0.29, 0.717) is 11.1 Å². The van der Waals surface area contributed by atoms with Crippen LogP contribution in [-0.2, 0) is 14.8 Å². The Kier molecular flexibility index (Phi) is 3.57. The van der Waals surface area contributed by atoms with Gasteiger partial charge >= 0.3 is 0 Å². The Labute approximate surface area is 92.2 Å². The van der Waals surface area contributed by atoms with Gasteiger partial charge in [0.05, 0.1) is 12.9 Å². The minimum atomic E-state index is -3.64. The summed E-state index contributed by atoms with van der Waals surface area (Å²) in [5, 5.41) is 0. The molecule has 15 heavy (non-hydrogen) atoms. The van der Waals surface area contributed by atoms with Crippen molar-refractivity contribution in [2.24, 2.45) is 0 Å². The van der Waals surface area contributed by atoms with E-state index in [1.807, 2.05) is 0 Å². The summed E-state index contributed by atoms with van der Waals surface area (Å²) in [7, 11) is 2.77. The fourth-order valence-electron chi connectivity index (χ4n) is 1.24. The third-order valence-corrected chi connectivity index (χ3v) is 2.85. The molecule has 0 bridgehead atoms. The van der Waals surface area contributed by atoms with E-state index in [0.717, 1.165) is 0 Å². The van der Waals surface area contributed by atoms with Gasteiger partial charge in [-0.05, 0) is 24.1 Å². The molecule has 0 fully saturated rings. The normalized spacial score (nSPS) is 11.5. The molecule has 0 N–H and O–H groups in total. The van der Waals surface area contributed by atoms with Gasteiger partial charge in [0, 0.05) is 10.7 Å². The number of aryl methyl sites for hydroxylation is 1. The molecule has 0 aliphatic heterocycles. The smallest absolute Gasteiger partial charge is 0.236 e. The molecule has 0 aliphatic carbocycles. The minimum absolute atomic E-state index is 0.0188. The molecule has 0 unspecified atom stereocenters. The summed E-state index contributed by atoms with van der Waals surface area (Å²) in [5.74, 6) is -0.815. The third kappa shape index (κ3) is 3.35. The predicted octanol–water partition coefficient (Wildman–Crippen LogP) is 2.21. The highest BCUT2D eigenvalue weighted by atomic mass is 35.7. The third-order valence-electron chi connectivity index (χ3n) is 1.84. The molecule has 3 nitrogen and oxygen atoms in total. The van der Waals surface area contributed by atoms with Gasteiger partial charge in [-0.25, -0.2) is 12.8 Å². The van der Waals surface area contributed by atoms with Crippen molar-refractivity contribution in [2.75, 3.05) is 7.11 Å². The lowest BCUT2D eigenvalue weighted by atomic mass is 10.1. The first-order chi connectivity index (χ1) is 6.83. The van der Waals surface area contributed by atoms with E-state index >= 15 is 0 Å². The Hall–Kier alpha value is -0.810. The Morgan fingerprint density at radius 1 is 1.47 bits per heavy atom. The van der Waals surface area contributed by atoms with Gasteiger partial charge in [0.15, 0.2) is 11.6 Å². The van der Waals surface area contributed by atoms with Crippen LogP contribution in [0.3, 0.4) is 0 Å².